The highest BCUT2D eigenvalue weighted by Gasteiger charge is 2.41. The molecule has 0 saturated heterocycles. The van der Waals surface area contributed by atoms with Crippen LogP contribution in [-0.4, -0.2) is 41.7 Å². The first-order valence-corrected chi connectivity index (χ1v) is 13.4. The van der Waals surface area contributed by atoms with Crippen LogP contribution in [0.5, 0.6) is 0 Å². The number of benzene rings is 1. The molecule has 33 heavy (non-hydrogen) atoms. The number of amides is 2. The molecular formula is C23H31N3O5S2. The van der Waals surface area contributed by atoms with Gasteiger partial charge in [-0.25, -0.2) is 18.2 Å². The zero-order chi connectivity index (χ0) is 24.6. The van der Waals surface area contributed by atoms with Crippen LogP contribution in [0.25, 0.3) is 0 Å². The average molecular weight is 494 g/mol. The fourth-order valence-electron chi connectivity index (χ4n) is 3.62. The van der Waals surface area contributed by atoms with Gasteiger partial charge in [-0.2, -0.15) is 0 Å². The fraction of sp³-hybridized carbons (Fsp3) is 0.522. The number of nitrogens with one attached hydrogen (secondary N) is 1. The number of aromatic nitrogens is 1. The quantitative estimate of drug-likeness (QED) is 0.643. The lowest BCUT2D eigenvalue weighted by atomic mass is 10.0. The summed E-state index contributed by atoms with van der Waals surface area (Å²) in [6.45, 7) is 11.7. The Labute approximate surface area is 199 Å². The Balaban J connectivity index is 1.69. The topological polar surface area (TPSA) is 106 Å². The molecule has 10 heteroatoms. The maximum atomic E-state index is 12.7. The average Bonchev–Trinajstić information content (AvgIpc) is 3.29. The zero-order valence-electron chi connectivity index (χ0n) is 19.8. The van der Waals surface area contributed by atoms with E-state index in [0.717, 1.165) is 16.1 Å². The number of ether oxygens (including phenoxy) is 1. The predicted molar refractivity (Wildman–Crippen MR) is 127 cm³/mol. The molecule has 1 N–H and O–H groups in total. The van der Waals surface area contributed by atoms with Crippen molar-refractivity contribution in [2.75, 3.05) is 5.75 Å². The molecular weight excluding hydrogens is 462 g/mol. The Morgan fingerprint density at radius 3 is 2.42 bits per heavy atom. The van der Waals surface area contributed by atoms with E-state index in [0.29, 0.717) is 11.6 Å². The summed E-state index contributed by atoms with van der Waals surface area (Å²) in [6.07, 6.45) is -0.383. The molecule has 1 aliphatic heterocycles. The minimum atomic E-state index is -3.25. The molecule has 0 aliphatic carbocycles. The van der Waals surface area contributed by atoms with Crippen LogP contribution >= 0.6 is 11.3 Å². The van der Waals surface area contributed by atoms with Crippen molar-refractivity contribution >= 4 is 33.2 Å². The van der Waals surface area contributed by atoms with Crippen LogP contribution in [0.15, 0.2) is 29.2 Å². The largest absolute Gasteiger partial charge is 0.444 e. The van der Waals surface area contributed by atoms with Crippen LogP contribution in [0.4, 0.5) is 4.79 Å². The molecule has 1 aromatic carbocycles. The number of hydrogen-bond acceptors (Lipinski definition) is 7. The second kappa shape index (κ2) is 9.42. The highest BCUT2D eigenvalue weighted by Crippen LogP contribution is 2.41. The maximum absolute atomic E-state index is 12.7. The van der Waals surface area contributed by atoms with Crippen LogP contribution in [0, 0.1) is 5.92 Å². The molecule has 0 unspecified atom stereocenters. The molecule has 0 bridgehead atoms. The summed E-state index contributed by atoms with van der Waals surface area (Å²) in [4.78, 5) is 32.8. The summed E-state index contributed by atoms with van der Waals surface area (Å²) in [5.41, 5.74) is 0.949. The standard InChI is InChI=1S/C23H31N3O5S2/c1-7-33(29,30)16-10-8-15(9-11-16)12-24-20(27)21-25-18-17(32-21)13-26(19(18)14(2)3)22(28)31-23(4,5)6/h8-11,14,19H,7,12-13H2,1-6H3,(H,24,27)/t19-/m0/s1. The van der Waals surface area contributed by atoms with Crippen molar-refractivity contribution in [2.24, 2.45) is 5.92 Å². The summed E-state index contributed by atoms with van der Waals surface area (Å²) >= 11 is 1.28. The summed E-state index contributed by atoms with van der Waals surface area (Å²) in [5.74, 6) is -0.152. The molecule has 0 spiro atoms. The third-order valence-electron chi connectivity index (χ3n) is 5.23. The van der Waals surface area contributed by atoms with Crippen LogP contribution < -0.4 is 5.32 Å². The van der Waals surface area contributed by atoms with Crippen molar-refractivity contribution in [1.29, 1.82) is 0 Å². The first-order chi connectivity index (χ1) is 15.3. The van der Waals surface area contributed by atoms with Crippen molar-refractivity contribution in [1.82, 2.24) is 15.2 Å². The number of rotatable bonds is 6. The van der Waals surface area contributed by atoms with Gasteiger partial charge in [-0.3, -0.25) is 9.69 Å². The van der Waals surface area contributed by atoms with E-state index < -0.39 is 15.4 Å². The van der Waals surface area contributed by atoms with E-state index in [2.05, 4.69) is 10.3 Å². The van der Waals surface area contributed by atoms with E-state index in [9.17, 15) is 18.0 Å². The molecule has 0 fully saturated rings. The number of thiazole rings is 1. The Kier molecular flexibility index (Phi) is 7.18. The fourth-order valence-corrected chi connectivity index (χ4v) is 5.52. The number of sulfone groups is 1. The van der Waals surface area contributed by atoms with Gasteiger partial charge in [0.05, 0.1) is 33.8 Å². The van der Waals surface area contributed by atoms with E-state index in [1.54, 1.807) is 36.1 Å². The number of hydrogen-bond donors (Lipinski definition) is 1. The van der Waals surface area contributed by atoms with E-state index >= 15 is 0 Å². The summed E-state index contributed by atoms with van der Waals surface area (Å²) in [6, 6.07) is 6.24. The first-order valence-electron chi connectivity index (χ1n) is 10.9. The van der Waals surface area contributed by atoms with E-state index in [1.165, 1.54) is 11.3 Å². The van der Waals surface area contributed by atoms with Gasteiger partial charge in [-0.05, 0) is 44.4 Å². The first kappa shape index (κ1) is 25.2. The summed E-state index contributed by atoms with van der Waals surface area (Å²) < 4.78 is 29.4. The van der Waals surface area contributed by atoms with E-state index in [4.69, 9.17) is 4.74 Å². The molecule has 1 aromatic heterocycles. The second-order valence-corrected chi connectivity index (χ2v) is 12.7. The lowest BCUT2D eigenvalue weighted by molar-refractivity contribution is 0.0124. The summed E-state index contributed by atoms with van der Waals surface area (Å²) in [7, 11) is -3.25. The third-order valence-corrected chi connectivity index (χ3v) is 8.03. The lowest BCUT2D eigenvalue weighted by Crippen LogP contribution is -2.37. The van der Waals surface area contributed by atoms with Crippen molar-refractivity contribution in [3.05, 3.63) is 45.4 Å². The van der Waals surface area contributed by atoms with Gasteiger partial charge in [0.25, 0.3) is 5.91 Å². The van der Waals surface area contributed by atoms with Gasteiger partial charge in [0.15, 0.2) is 14.8 Å². The number of nitrogens with zero attached hydrogens (tertiary/aromatic N) is 2. The van der Waals surface area contributed by atoms with E-state index in [-0.39, 0.29) is 41.2 Å². The monoisotopic (exact) mass is 493 g/mol. The molecule has 1 aliphatic rings. The Morgan fingerprint density at radius 1 is 1.24 bits per heavy atom. The zero-order valence-corrected chi connectivity index (χ0v) is 21.5. The number of carbonyl (C=O) groups is 2. The van der Waals surface area contributed by atoms with Crippen LogP contribution in [0.2, 0.25) is 0 Å². The van der Waals surface area contributed by atoms with Gasteiger partial charge in [-0.1, -0.05) is 32.9 Å². The SMILES string of the molecule is CCS(=O)(=O)c1ccc(CNC(=O)c2nc3c(s2)CN(C(=O)OC(C)(C)C)[C@H]3C(C)C)cc1. The summed E-state index contributed by atoms with van der Waals surface area (Å²) in [5, 5.41) is 3.19. The van der Waals surface area contributed by atoms with Crippen molar-refractivity contribution in [3.8, 4) is 0 Å². The maximum Gasteiger partial charge on any atom is 0.411 e. The van der Waals surface area contributed by atoms with Crippen LogP contribution in [0.3, 0.4) is 0 Å². The van der Waals surface area contributed by atoms with Gasteiger partial charge in [0, 0.05) is 6.54 Å². The second-order valence-electron chi connectivity index (χ2n) is 9.35. The van der Waals surface area contributed by atoms with Gasteiger partial charge >= 0.3 is 6.09 Å². The number of fused-ring (bicyclic) bond motifs is 1. The number of carbonyl (C=O) groups excluding carboxylic acids is 2. The molecule has 0 radical (unpaired) electrons. The van der Waals surface area contributed by atoms with Crippen LogP contribution in [-0.2, 0) is 27.7 Å². The third kappa shape index (κ3) is 5.73. The predicted octanol–water partition coefficient (Wildman–Crippen LogP) is 4.31. The Bertz CT molecular complexity index is 1130. The minimum absolute atomic E-state index is 0.0422. The highest BCUT2D eigenvalue weighted by molar-refractivity contribution is 7.91. The molecule has 2 aromatic rings. The van der Waals surface area contributed by atoms with Crippen molar-refractivity contribution in [2.45, 2.75) is 71.2 Å². The molecule has 3 rings (SSSR count). The normalized spacial score (nSPS) is 16.1. The smallest absolute Gasteiger partial charge is 0.411 e. The minimum Gasteiger partial charge on any atom is -0.444 e. The molecule has 2 heterocycles. The van der Waals surface area contributed by atoms with E-state index in [1.807, 2.05) is 34.6 Å². The van der Waals surface area contributed by atoms with Gasteiger partial charge in [0.2, 0.25) is 0 Å². The molecule has 2 amide bonds. The molecule has 180 valence electrons. The van der Waals surface area contributed by atoms with Crippen molar-refractivity contribution < 1.29 is 22.7 Å². The Morgan fingerprint density at radius 2 is 1.88 bits per heavy atom. The van der Waals surface area contributed by atoms with Gasteiger partial charge in [0.1, 0.15) is 5.60 Å². The Hall–Kier alpha value is -2.46. The van der Waals surface area contributed by atoms with Crippen molar-refractivity contribution in [3.63, 3.8) is 0 Å². The van der Waals surface area contributed by atoms with Gasteiger partial charge < -0.3 is 10.1 Å². The highest BCUT2D eigenvalue weighted by atomic mass is 32.2. The molecule has 1 atom stereocenters. The molecule has 8 nitrogen and oxygen atoms in total. The molecule has 0 saturated carbocycles. The van der Waals surface area contributed by atoms with Crippen LogP contribution in [0.1, 0.15) is 73.5 Å². The lowest BCUT2D eigenvalue weighted by Gasteiger charge is -2.30. The van der Waals surface area contributed by atoms with Gasteiger partial charge in [-0.15, -0.1) is 11.3 Å².